The zero-order chi connectivity index (χ0) is 31.6. The first-order valence-corrected chi connectivity index (χ1v) is 16.4. The normalized spacial score (nSPS) is 30.6. The molecule has 0 bridgehead atoms. The van der Waals surface area contributed by atoms with Crippen LogP contribution >= 0.6 is 0 Å². The van der Waals surface area contributed by atoms with Crippen molar-refractivity contribution in [1.82, 2.24) is 21.3 Å². The minimum absolute atomic E-state index is 0.00652. The highest BCUT2D eigenvalue weighted by atomic mass is 16.5. The van der Waals surface area contributed by atoms with Crippen LogP contribution in [0.1, 0.15) is 111 Å². The smallest absolute Gasteiger partial charge is 0.315 e. The molecule has 0 spiro atoms. The van der Waals surface area contributed by atoms with Crippen LogP contribution < -0.4 is 21.3 Å². The zero-order valence-corrected chi connectivity index (χ0v) is 26.9. The van der Waals surface area contributed by atoms with Crippen molar-refractivity contribution in [2.24, 2.45) is 11.8 Å². The van der Waals surface area contributed by atoms with E-state index in [1.54, 1.807) is 14.2 Å². The molecule has 5 unspecified atom stereocenters. The molecule has 3 fully saturated rings. The topological polar surface area (TPSA) is 155 Å². The summed E-state index contributed by atoms with van der Waals surface area (Å²) in [5, 5.41) is 22.2. The van der Waals surface area contributed by atoms with Crippen molar-refractivity contribution >= 4 is 23.7 Å². The predicted molar refractivity (Wildman–Crippen MR) is 164 cm³/mol. The summed E-state index contributed by atoms with van der Waals surface area (Å²) in [5.74, 6) is -0.874. The number of amides is 3. The number of carboxylic acids is 1. The molecule has 11 nitrogen and oxygen atoms in total. The number of nitrogens with one attached hydrogen (secondary N) is 4. The maximum absolute atomic E-state index is 13.2. The Labute approximate surface area is 257 Å². The molecule has 0 aliphatic heterocycles. The fourth-order valence-electron chi connectivity index (χ4n) is 7.26. The van der Waals surface area contributed by atoms with Gasteiger partial charge in [0.05, 0.1) is 24.2 Å². The first-order chi connectivity index (χ1) is 20.4. The zero-order valence-electron chi connectivity index (χ0n) is 26.9. The summed E-state index contributed by atoms with van der Waals surface area (Å²) in [7, 11) is 3.26. The Morgan fingerprint density at radius 1 is 0.837 bits per heavy atom. The summed E-state index contributed by atoms with van der Waals surface area (Å²) in [6.07, 6.45) is 9.78. The molecule has 246 valence electrons. The molecular weight excluding hydrogens is 552 g/mol. The number of carbonyl (C=O) groups is 4. The van der Waals surface area contributed by atoms with Crippen LogP contribution in [0.2, 0.25) is 0 Å². The molecule has 6 atom stereocenters. The van der Waals surface area contributed by atoms with Crippen LogP contribution in [0.4, 0.5) is 4.79 Å². The lowest BCUT2D eigenvalue weighted by atomic mass is 9.79. The Morgan fingerprint density at radius 3 is 2.12 bits per heavy atom. The van der Waals surface area contributed by atoms with Gasteiger partial charge in [0.2, 0.25) is 5.91 Å². The van der Waals surface area contributed by atoms with Crippen molar-refractivity contribution < 1.29 is 33.8 Å². The van der Waals surface area contributed by atoms with E-state index in [4.69, 9.17) is 9.47 Å². The van der Waals surface area contributed by atoms with Gasteiger partial charge in [0, 0.05) is 51.2 Å². The average Bonchev–Trinajstić information content (AvgIpc) is 2.97. The van der Waals surface area contributed by atoms with Crippen LogP contribution in [-0.4, -0.2) is 84.9 Å². The van der Waals surface area contributed by atoms with Crippen molar-refractivity contribution in [1.29, 1.82) is 0 Å². The highest BCUT2D eigenvalue weighted by Crippen LogP contribution is 2.32. The lowest BCUT2D eigenvalue weighted by Gasteiger charge is -2.38. The number of rotatable bonds is 14. The van der Waals surface area contributed by atoms with Gasteiger partial charge in [-0.1, -0.05) is 19.8 Å². The van der Waals surface area contributed by atoms with Crippen LogP contribution in [0.25, 0.3) is 0 Å². The molecule has 3 aliphatic rings. The number of hydrogen-bond acceptors (Lipinski definition) is 7. The van der Waals surface area contributed by atoms with Crippen molar-refractivity contribution in [2.45, 2.75) is 153 Å². The number of carbonyl (C=O) groups excluding carboxylic acids is 3. The van der Waals surface area contributed by atoms with E-state index in [2.05, 4.69) is 28.2 Å². The van der Waals surface area contributed by atoms with E-state index in [9.17, 15) is 24.3 Å². The third-order valence-electron chi connectivity index (χ3n) is 10.0. The van der Waals surface area contributed by atoms with E-state index in [1.165, 1.54) is 12.8 Å². The van der Waals surface area contributed by atoms with E-state index in [-0.39, 0.29) is 73.2 Å². The summed E-state index contributed by atoms with van der Waals surface area (Å²) in [6, 6.07) is -0.0675. The second kappa shape index (κ2) is 16.7. The first-order valence-electron chi connectivity index (χ1n) is 16.4. The second-order valence-electron chi connectivity index (χ2n) is 13.6. The minimum Gasteiger partial charge on any atom is -0.481 e. The molecule has 0 aromatic rings. The molecule has 3 saturated carbocycles. The molecule has 0 heterocycles. The lowest BCUT2D eigenvalue weighted by molar-refractivity contribution is -0.139. The number of methoxy groups -OCH3 is 2. The van der Waals surface area contributed by atoms with Gasteiger partial charge in [-0.3, -0.25) is 14.4 Å². The fraction of sp³-hybridized carbons (Fsp3) is 0.875. The van der Waals surface area contributed by atoms with Crippen LogP contribution in [-0.2, 0) is 23.9 Å². The van der Waals surface area contributed by atoms with E-state index in [0.29, 0.717) is 12.3 Å². The highest BCUT2D eigenvalue weighted by Gasteiger charge is 2.37. The van der Waals surface area contributed by atoms with Gasteiger partial charge in [0.25, 0.3) is 0 Å². The summed E-state index contributed by atoms with van der Waals surface area (Å²) in [6.45, 7) is 5.91. The Kier molecular flexibility index (Phi) is 13.7. The maximum atomic E-state index is 13.2. The van der Waals surface area contributed by atoms with Crippen molar-refractivity contribution in [3.8, 4) is 0 Å². The summed E-state index contributed by atoms with van der Waals surface area (Å²) in [4.78, 5) is 50.1. The summed E-state index contributed by atoms with van der Waals surface area (Å²) in [5.41, 5.74) is -0.801. The second-order valence-corrected chi connectivity index (χ2v) is 13.6. The van der Waals surface area contributed by atoms with Gasteiger partial charge in [0.1, 0.15) is 0 Å². The Balaban J connectivity index is 1.40. The molecule has 0 saturated heterocycles. The molecule has 3 amide bonds. The molecule has 43 heavy (non-hydrogen) atoms. The van der Waals surface area contributed by atoms with E-state index < -0.39 is 17.6 Å². The SMILES string of the molecule is COC1CCC([C@H](CC(=O)O)NC(=O)CCC(=O)C(C)(C)NC2CCC(NC(=O)NC3CCCCC3C)CC2)CC1OC. The maximum Gasteiger partial charge on any atom is 0.315 e. The third-order valence-corrected chi connectivity index (χ3v) is 10.0. The van der Waals surface area contributed by atoms with E-state index in [1.807, 2.05) is 13.8 Å². The minimum atomic E-state index is -0.973. The Bertz CT molecular complexity index is 937. The van der Waals surface area contributed by atoms with Crippen molar-refractivity contribution in [2.75, 3.05) is 14.2 Å². The lowest BCUT2D eigenvalue weighted by Crippen LogP contribution is -2.54. The fourth-order valence-corrected chi connectivity index (χ4v) is 7.26. The highest BCUT2D eigenvalue weighted by molar-refractivity contribution is 5.91. The average molecular weight is 609 g/mol. The molecule has 0 aromatic carbocycles. The molecule has 3 rings (SSSR count). The number of Topliss-reactive ketones (excluding diaryl/α,β-unsaturated/α-hetero) is 1. The predicted octanol–water partition coefficient (Wildman–Crippen LogP) is 3.68. The van der Waals surface area contributed by atoms with Gasteiger partial charge in [0.15, 0.2) is 5.78 Å². The molecule has 3 aliphatic carbocycles. The third kappa shape index (κ3) is 11.0. The standard InChI is InChI=1S/C32H56N4O7/c1-20-8-6-7-9-24(20)35-31(41)33-22-11-13-23(14-12-22)36-32(2,3)28(37)16-17-29(38)34-25(19-30(39)40)21-10-15-26(42-4)27(18-21)43-5/h20-27,36H,6-19H2,1-5H3,(H,34,38)(H,39,40)(H2,33,35,41)/t20?,21?,22?,23?,24?,25-,26?,27?/m0/s1. The molecular formula is C32H56N4O7. The quantitative estimate of drug-likeness (QED) is 0.200. The van der Waals surface area contributed by atoms with Crippen molar-refractivity contribution in [3.63, 3.8) is 0 Å². The van der Waals surface area contributed by atoms with Crippen molar-refractivity contribution in [3.05, 3.63) is 0 Å². The van der Waals surface area contributed by atoms with Gasteiger partial charge in [-0.05, 0) is 83.5 Å². The van der Waals surface area contributed by atoms with E-state index >= 15 is 0 Å². The summed E-state index contributed by atoms with van der Waals surface area (Å²) < 4.78 is 11.1. The number of urea groups is 1. The van der Waals surface area contributed by atoms with Crippen LogP contribution in [0.3, 0.4) is 0 Å². The first kappa shape index (κ1) is 35.2. The van der Waals surface area contributed by atoms with Gasteiger partial charge in [-0.25, -0.2) is 4.79 Å². The largest absolute Gasteiger partial charge is 0.481 e. The number of carboxylic acid groups (broad SMARTS) is 1. The molecule has 11 heteroatoms. The van der Waals surface area contributed by atoms with Crippen LogP contribution in [0.5, 0.6) is 0 Å². The van der Waals surface area contributed by atoms with Gasteiger partial charge >= 0.3 is 12.0 Å². The Morgan fingerprint density at radius 2 is 1.49 bits per heavy atom. The van der Waals surface area contributed by atoms with Gasteiger partial charge in [-0.2, -0.15) is 0 Å². The summed E-state index contributed by atoms with van der Waals surface area (Å²) >= 11 is 0. The van der Waals surface area contributed by atoms with Gasteiger partial charge in [-0.15, -0.1) is 0 Å². The van der Waals surface area contributed by atoms with Crippen LogP contribution in [0, 0.1) is 11.8 Å². The van der Waals surface area contributed by atoms with Gasteiger partial charge < -0.3 is 35.8 Å². The number of ether oxygens (including phenoxy) is 2. The monoisotopic (exact) mass is 608 g/mol. The van der Waals surface area contributed by atoms with Crippen LogP contribution in [0.15, 0.2) is 0 Å². The number of hydrogen-bond donors (Lipinski definition) is 5. The molecule has 0 aromatic heterocycles. The van der Waals surface area contributed by atoms with E-state index in [0.717, 1.165) is 51.4 Å². The number of aliphatic carboxylic acids is 1. The molecule has 5 N–H and O–H groups in total. The molecule has 0 radical (unpaired) electrons. The number of ketones is 1. The Hall–Kier alpha value is -2.24.